The van der Waals surface area contributed by atoms with E-state index in [9.17, 15) is 28.9 Å². The molecule has 2 aliphatic heterocycles. The lowest BCUT2D eigenvalue weighted by Crippen LogP contribution is -2.40. The fourth-order valence-corrected chi connectivity index (χ4v) is 4.44. The number of ether oxygens (including phenoxy) is 1. The molecule has 2 aliphatic rings. The highest BCUT2D eigenvalue weighted by atomic mass is 31.3. The summed E-state index contributed by atoms with van der Waals surface area (Å²) in [6, 6.07) is -0.870. The summed E-state index contributed by atoms with van der Waals surface area (Å²) in [5, 5.41) is 21.0. The number of nitrogens with zero attached hydrogens (tertiary/aromatic N) is 2. The van der Waals surface area contributed by atoms with Gasteiger partial charge >= 0.3 is 33.8 Å². The molecule has 5 atom stereocenters. The number of hydrogen-bond acceptors (Lipinski definition) is 13. The molecule has 1 fully saturated rings. The van der Waals surface area contributed by atoms with Crippen LogP contribution in [0.1, 0.15) is 19.3 Å². The van der Waals surface area contributed by atoms with Crippen LogP contribution in [0.25, 0.3) is 0 Å². The number of aliphatic hydroxyl groups excluding tert-OH is 1. The molecule has 184 valence electrons. The third-order valence-corrected chi connectivity index (χ3v) is 6.66. The number of carboxylic acids is 1. The molecule has 2 heterocycles. The first kappa shape index (κ1) is 27.3. The molecule has 20 heteroatoms. The van der Waals surface area contributed by atoms with Crippen molar-refractivity contribution >= 4 is 46.0 Å². The molecule has 0 radical (unpaired) electrons. The van der Waals surface area contributed by atoms with Crippen LogP contribution >= 0.6 is 16.0 Å². The predicted molar refractivity (Wildman–Crippen MR) is 102 cm³/mol. The molecule has 1 saturated heterocycles. The minimum Gasteiger partial charge on any atom is -0.604 e. The number of aliphatic hydroxyl groups is 1. The summed E-state index contributed by atoms with van der Waals surface area (Å²) >= 11 is 0. The second-order valence-corrected chi connectivity index (χ2v) is 9.55. The Kier molecular flexibility index (Phi) is 9.50. The molecule has 3 amide bonds. The van der Waals surface area contributed by atoms with Gasteiger partial charge in [0.15, 0.2) is 0 Å². The van der Waals surface area contributed by atoms with Gasteiger partial charge in [-0.2, -0.15) is 19.8 Å². The molecular formula is C13H21N5O13P2+2. The van der Waals surface area contributed by atoms with E-state index < -0.39 is 65.4 Å². The number of aliphatic carboxylic acids is 1. The summed E-state index contributed by atoms with van der Waals surface area (Å²) in [5.41, 5.74) is 0. The number of carbonyl (C=O) groups is 3. The Labute approximate surface area is 185 Å². The SMILES string of the molecule is NOP(=O)(O)O[P+]([O-])(ON)OC[C@H]1O[C@@H]([N+]2=C[CH+]C(NC(=O)CCC(=O)O)=NC2=O)C[C@@H]1O. The van der Waals surface area contributed by atoms with Gasteiger partial charge in [-0.25, -0.2) is 10.5 Å². The maximum Gasteiger partial charge on any atom is 0.550 e. The minimum absolute atomic E-state index is 0.126. The van der Waals surface area contributed by atoms with Gasteiger partial charge in [0.25, 0.3) is 6.21 Å². The van der Waals surface area contributed by atoms with E-state index in [0.29, 0.717) is 0 Å². The number of carbonyl (C=O) groups excluding carboxylic acids is 2. The lowest BCUT2D eigenvalue weighted by molar-refractivity contribution is -0.521. The summed E-state index contributed by atoms with van der Waals surface area (Å²) in [4.78, 5) is 59.2. The highest BCUT2D eigenvalue weighted by molar-refractivity contribution is 7.64. The van der Waals surface area contributed by atoms with Crippen LogP contribution < -0.4 is 22.0 Å². The number of carboxylic acid groups (broad SMARTS) is 1. The number of amidine groups is 1. The first-order valence-electron chi connectivity index (χ1n) is 8.88. The first-order valence-corrected chi connectivity index (χ1v) is 11.8. The zero-order valence-electron chi connectivity index (χ0n) is 16.6. The molecule has 0 aromatic heterocycles. The molecular weight excluding hydrogens is 496 g/mol. The maximum atomic E-state index is 12.3. The topological polar surface area (TPSA) is 278 Å². The summed E-state index contributed by atoms with van der Waals surface area (Å²) in [6.45, 7) is -0.712. The molecule has 2 rings (SSSR count). The van der Waals surface area contributed by atoms with Crippen LogP contribution in [-0.2, 0) is 37.0 Å². The summed E-state index contributed by atoms with van der Waals surface area (Å²) in [6.07, 6.45) is -1.92. The van der Waals surface area contributed by atoms with Crippen LogP contribution in [0.3, 0.4) is 0 Å². The van der Waals surface area contributed by atoms with E-state index in [4.69, 9.17) is 25.2 Å². The van der Waals surface area contributed by atoms with Gasteiger partial charge < -0.3 is 19.8 Å². The van der Waals surface area contributed by atoms with E-state index in [2.05, 4.69) is 29.8 Å². The number of urea groups is 1. The van der Waals surface area contributed by atoms with Crippen molar-refractivity contribution in [3.05, 3.63) is 6.42 Å². The van der Waals surface area contributed by atoms with Crippen LogP contribution in [-0.4, -0.2) is 74.7 Å². The first-order chi connectivity index (χ1) is 15.4. The van der Waals surface area contributed by atoms with E-state index in [1.165, 1.54) is 12.6 Å². The lowest BCUT2D eigenvalue weighted by atomic mass is 10.2. The number of phosphoric acid groups is 2. The zero-order chi connectivity index (χ0) is 24.8. The van der Waals surface area contributed by atoms with Gasteiger partial charge in [0, 0.05) is 12.8 Å². The molecule has 0 aromatic carbocycles. The van der Waals surface area contributed by atoms with Crippen molar-refractivity contribution in [1.82, 2.24) is 5.32 Å². The van der Waals surface area contributed by atoms with Crippen molar-refractivity contribution in [1.29, 1.82) is 0 Å². The Morgan fingerprint density at radius 1 is 1.45 bits per heavy atom. The predicted octanol–water partition coefficient (Wildman–Crippen LogP) is -2.78. The number of amides is 3. The van der Waals surface area contributed by atoms with Gasteiger partial charge in [0.05, 0.1) is 17.5 Å². The van der Waals surface area contributed by atoms with Crippen LogP contribution in [0, 0.1) is 6.42 Å². The summed E-state index contributed by atoms with van der Waals surface area (Å²) in [5.74, 6) is 7.31. The highest BCUT2D eigenvalue weighted by Crippen LogP contribution is 2.64. The third kappa shape index (κ3) is 8.11. The summed E-state index contributed by atoms with van der Waals surface area (Å²) < 4.78 is 34.1. The average Bonchev–Trinajstić information content (AvgIpc) is 3.11. The molecule has 0 spiro atoms. The van der Waals surface area contributed by atoms with Gasteiger partial charge in [-0.3, -0.25) is 19.8 Å². The molecule has 2 unspecified atom stereocenters. The molecule has 0 aliphatic carbocycles. The maximum absolute atomic E-state index is 12.3. The molecule has 0 aromatic rings. The van der Waals surface area contributed by atoms with E-state index in [0.717, 1.165) is 4.58 Å². The summed E-state index contributed by atoms with van der Waals surface area (Å²) in [7, 11) is -9.85. The number of aliphatic imine (C=N–C) groups is 1. The second kappa shape index (κ2) is 11.5. The van der Waals surface area contributed by atoms with Gasteiger partial charge in [0.2, 0.25) is 18.6 Å². The van der Waals surface area contributed by atoms with E-state index in [-0.39, 0.29) is 18.7 Å². The van der Waals surface area contributed by atoms with Crippen molar-refractivity contribution in [2.75, 3.05) is 6.61 Å². The normalized spacial score (nSPS) is 26.5. The Balaban J connectivity index is 1.92. The Morgan fingerprint density at radius 3 is 2.73 bits per heavy atom. The van der Waals surface area contributed by atoms with Gasteiger partial charge in [-0.05, 0) is 0 Å². The fraction of sp³-hybridized carbons (Fsp3) is 0.538. The molecule has 8 N–H and O–H groups in total. The number of nitrogens with one attached hydrogen (secondary N) is 1. The van der Waals surface area contributed by atoms with Crippen molar-refractivity contribution in [2.24, 2.45) is 16.8 Å². The highest BCUT2D eigenvalue weighted by Gasteiger charge is 2.49. The van der Waals surface area contributed by atoms with E-state index in [1.807, 2.05) is 0 Å². The van der Waals surface area contributed by atoms with Crippen LogP contribution in [0.15, 0.2) is 4.99 Å². The zero-order valence-corrected chi connectivity index (χ0v) is 18.4. The van der Waals surface area contributed by atoms with Crippen molar-refractivity contribution < 1.29 is 66.3 Å². The quantitative estimate of drug-likeness (QED) is 0.0699. The second-order valence-electron chi connectivity index (χ2n) is 6.38. The van der Waals surface area contributed by atoms with Gasteiger partial charge in [-0.1, -0.05) is 8.94 Å². The van der Waals surface area contributed by atoms with Crippen LogP contribution in [0.2, 0.25) is 0 Å². The lowest BCUT2D eigenvalue weighted by Gasteiger charge is -2.24. The Bertz CT molecular complexity index is 885. The third-order valence-electron chi connectivity index (χ3n) is 4.04. The molecule has 0 bridgehead atoms. The minimum atomic E-state index is -5.01. The number of rotatable bonds is 11. The number of hydrogen-bond donors (Lipinski definition) is 6. The molecule has 33 heavy (non-hydrogen) atoms. The monoisotopic (exact) mass is 517 g/mol. The number of nitrogens with two attached hydrogens (primary N) is 2. The van der Waals surface area contributed by atoms with Gasteiger partial charge in [-0.15, -0.1) is 4.58 Å². The standard InChI is InChI=1S/C13H19N5O13P2/c14-29-32(24,25)31-33(26,30-15)27-6-8-7(19)5-11(28-8)18-4-3-9(17-13(18)23)16-10(20)1-2-12(21)22/h3-4,7-8,11,19H,1-2,5-6,14-15H2,(H-2,16,17,20,21,22,23,24,25)/p+2/t7-,8+,11+,33?/m0/s1. The van der Waals surface area contributed by atoms with Crippen molar-refractivity contribution in [2.45, 2.75) is 37.7 Å². The Morgan fingerprint density at radius 2 is 2.15 bits per heavy atom. The van der Waals surface area contributed by atoms with Crippen LogP contribution in [0.5, 0.6) is 0 Å². The smallest absolute Gasteiger partial charge is 0.550 e. The van der Waals surface area contributed by atoms with Crippen LogP contribution in [0.4, 0.5) is 4.79 Å². The molecule has 0 saturated carbocycles. The van der Waals surface area contributed by atoms with Crippen molar-refractivity contribution in [3.8, 4) is 0 Å². The van der Waals surface area contributed by atoms with Gasteiger partial charge in [0.1, 0.15) is 12.7 Å². The Hall–Kier alpha value is -1.92. The average molecular weight is 517 g/mol. The molecule has 18 nitrogen and oxygen atoms in total. The largest absolute Gasteiger partial charge is 0.604 e. The van der Waals surface area contributed by atoms with Crippen molar-refractivity contribution in [3.63, 3.8) is 0 Å². The fourth-order valence-electron chi connectivity index (χ4n) is 2.55. The van der Waals surface area contributed by atoms with E-state index in [1.54, 1.807) is 0 Å². The van der Waals surface area contributed by atoms with E-state index >= 15 is 0 Å².